The highest BCUT2D eigenvalue weighted by Gasteiger charge is 2.23. The highest BCUT2D eigenvalue weighted by atomic mass is 15.2. The van der Waals surface area contributed by atoms with Crippen LogP contribution < -0.4 is 0 Å². The molecule has 18 heavy (non-hydrogen) atoms. The molecule has 0 N–H and O–H groups in total. The van der Waals surface area contributed by atoms with E-state index < -0.39 is 0 Å². The molecule has 2 heteroatoms. The maximum Gasteiger partial charge on any atom is 0.0112 e. The zero-order valence-corrected chi connectivity index (χ0v) is 13.5. The van der Waals surface area contributed by atoms with Crippen molar-refractivity contribution in [1.29, 1.82) is 0 Å². The standard InChI is InChI=1S/C11H22N2.C3H8.C2H6/c1-12-8-6-11-5-3-2-4-7-13(11)10-9-12;1-3-2;1-2/h11H,2-10H2,1H3;3H2,1-2H3;1-2H3. The summed E-state index contributed by atoms with van der Waals surface area (Å²) >= 11 is 0. The van der Waals surface area contributed by atoms with E-state index in [1.807, 2.05) is 13.8 Å². The fourth-order valence-electron chi connectivity index (χ4n) is 2.64. The van der Waals surface area contributed by atoms with Crippen LogP contribution in [0.15, 0.2) is 0 Å². The summed E-state index contributed by atoms with van der Waals surface area (Å²) in [6.07, 6.45) is 8.46. The molecule has 2 aliphatic heterocycles. The molecule has 0 amide bonds. The van der Waals surface area contributed by atoms with E-state index >= 15 is 0 Å². The Labute approximate surface area is 116 Å². The van der Waals surface area contributed by atoms with Gasteiger partial charge in [-0.25, -0.2) is 0 Å². The molecule has 110 valence electrons. The maximum absolute atomic E-state index is 2.73. The van der Waals surface area contributed by atoms with E-state index in [9.17, 15) is 0 Å². The smallest absolute Gasteiger partial charge is 0.0112 e. The van der Waals surface area contributed by atoms with Crippen molar-refractivity contribution < 1.29 is 0 Å². The molecule has 2 rings (SSSR count). The average Bonchev–Trinajstić information content (AvgIpc) is 2.70. The lowest BCUT2D eigenvalue weighted by atomic mass is 10.1. The molecule has 2 saturated heterocycles. The summed E-state index contributed by atoms with van der Waals surface area (Å²) in [7, 11) is 2.26. The molecule has 0 aromatic rings. The van der Waals surface area contributed by atoms with Crippen LogP contribution in [0.1, 0.15) is 66.2 Å². The molecular formula is C16H36N2. The Bertz CT molecular complexity index is 154. The van der Waals surface area contributed by atoms with Gasteiger partial charge in [-0.05, 0) is 39.4 Å². The van der Waals surface area contributed by atoms with Gasteiger partial charge in [0.2, 0.25) is 0 Å². The van der Waals surface area contributed by atoms with Crippen molar-refractivity contribution in [2.75, 3.05) is 33.2 Å². The molecule has 2 heterocycles. The van der Waals surface area contributed by atoms with Crippen molar-refractivity contribution >= 4 is 0 Å². The molecule has 1 atom stereocenters. The summed E-state index contributed by atoms with van der Waals surface area (Å²) in [6, 6.07) is 0.910. The molecule has 0 spiro atoms. The lowest BCUT2D eigenvalue weighted by Crippen LogP contribution is -2.35. The molecular weight excluding hydrogens is 220 g/mol. The fourth-order valence-corrected chi connectivity index (χ4v) is 2.64. The Morgan fingerprint density at radius 3 is 2.17 bits per heavy atom. The molecule has 0 aliphatic carbocycles. The van der Waals surface area contributed by atoms with Crippen LogP contribution >= 0.6 is 0 Å². The van der Waals surface area contributed by atoms with Crippen molar-refractivity contribution in [2.24, 2.45) is 0 Å². The van der Waals surface area contributed by atoms with Gasteiger partial charge in [-0.2, -0.15) is 0 Å². The van der Waals surface area contributed by atoms with Crippen LogP contribution in [-0.2, 0) is 0 Å². The second-order valence-electron chi connectivity index (χ2n) is 5.34. The van der Waals surface area contributed by atoms with Gasteiger partial charge < -0.3 is 4.90 Å². The first-order valence-corrected chi connectivity index (χ1v) is 8.20. The van der Waals surface area contributed by atoms with E-state index in [1.54, 1.807) is 0 Å². The number of hydrogen-bond donors (Lipinski definition) is 0. The van der Waals surface area contributed by atoms with Crippen molar-refractivity contribution in [2.45, 2.75) is 72.3 Å². The average molecular weight is 256 g/mol. The Morgan fingerprint density at radius 1 is 0.833 bits per heavy atom. The monoisotopic (exact) mass is 256 g/mol. The molecule has 2 nitrogen and oxygen atoms in total. The first-order valence-electron chi connectivity index (χ1n) is 8.20. The minimum absolute atomic E-state index is 0.910. The number of nitrogens with zero attached hydrogens (tertiary/aromatic N) is 2. The van der Waals surface area contributed by atoms with Gasteiger partial charge in [0, 0.05) is 19.1 Å². The van der Waals surface area contributed by atoms with Gasteiger partial charge in [-0.15, -0.1) is 0 Å². The third-order valence-corrected chi connectivity index (χ3v) is 3.61. The van der Waals surface area contributed by atoms with Crippen LogP contribution in [0, 0.1) is 0 Å². The van der Waals surface area contributed by atoms with E-state index in [2.05, 4.69) is 30.7 Å². The van der Waals surface area contributed by atoms with E-state index in [0.29, 0.717) is 0 Å². The Morgan fingerprint density at radius 2 is 1.50 bits per heavy atom. The summed E-state index contributed by atoms with van der Waals surface area (Å²) in [6.45, 7) is 13.5. The summed E-state index contributed by atoms with van der Waals surface area (Å²) in [5.41, 5.74) is 0. The van der Waals surface area contributed by atoms with Crippen LogP contribution in [0.4, 0.5) is 0 Å². The van der Waals surface area contributed by atoms with Gasteiger partial charge >= 0.3 is 0 Å². The summed E-state index contributed by atoms with van der Waals surface area (Å²) in [4.78, 5) is 5.21. The molecule has 0 saturated carbocycles. The van der Waals surface area contributed by atoms with Gasteiger partial charge in [0.1, 0.15) is 0 Å². The summed E-state index contributed by atoms with van der Waals surface area (Å²) < 4.78 is 0. The number of fused-ring (bicyclic) bond motifs is 1. The first kappa shape index (κ1) is 17.9. The van der Waals surface area contributed by atoms with Gasteiger partial charge in [0.25, 0.3) is 0 Å². The predicted octanol–water partition coefficient (Wildman–Crippen LogP) is 4.01. The summed E-state index contributed by atoms with van der Waals surface area (Å²) in [5.74, 6) is 0. The predicted molar refractivity (Wildman–Crippen MR) is 83.3 cm³/mol. The molecule has 0 aromatic carbocycles. The fraction of sp³-hybridized carbons (Fsp3) is 1.00. The minimum atomic E-state index is 0.910. The van der Waals surface area contributed by atoms with Crippen LogP contribution in [0.2, 0.25) is 0 Å². The Kier molecular flexibility index (Phi) is 11.9. The lowest BCUT2D eigenvalue weighted by molar-refractivity contribution is 0.209. The van der Waals surface area contributed by atoms with Crippen LogP contribution in [0.25, 0.3) is 0 Å². The summed E-state index contributed by atoms with van der Waals surface area (Å²) in [5, 5.41) is 0. The highest BCUT2D eigenvalue weighted by Crippen LogP contribution is 2.20. The normalized spacial score (nSPS) is 25.5. The maximum atomic E-state index is 2.73. The van der Waals surface area contributed by atoms with E-state index in [-0.39, 0.29) is 0 Å². The van der Waals surface area contributed by atoms with Gasteiger partial charge in [-0.1, -0.05) is 47.0 Å². The minimum Gasteiger partial charge on any atom is -0.305 e. The molecule has 2 aliphatic rings. The third kappa shape index (κ3) is 7.38. The topological polar surface area (TPSA) is 6.48 Å². The second kappa shape index (κ2) is 12.0. The molecule has 0 radical (unpaired) electrons. The number of likely N-dealkylation sites (N-methyl/N-ethyl adjacent to an activating group) is 1. The number of rotatable bonds is 0. The van der Waals surface area contributed by atoms with Gasteiger partial charge in [0.05, 0.1) is 0 Å². The van der Waals surface area contributed by atoms with E-state index in [0.717, 1.165) is 6.04 Å². The Balaban J connectivity index is 0.000000509. The van der Waals surface area contributed by atoms with Crippen molar-refractivity contribution in [3.63, 3.8) is 0 Å². The van der Waals surface area contributed by atoms with Crippen LogP contribution in [0.5, 0.6) is 0 Å². The zero-order chi connectivity index (χ0) is 13.8. The quantitative estimate of drug-likeness (QED) is 0.646. The highest BCUT2D eigenvalue weighted by molar-refractivity contribution is 4.79. The lowest BCUT2D eigenvalue weighted by Gasteiger charge is -2.26. The largest absolute Gasteiger partial charge is 0.305 e. The van der Waals surface area contributed by atoms with Crippen LogP contribution in [-0.4, -0.2) is 49.1 Å². The van der Waals surface area contributed by atoms with Crippen molar-refractivity contribution in [1.82, 2.24) is 9.80 Å². The zero-order valence-electron chi connectivity index (χ0n) is 13.5. The molecule has 1 unspecified atom stereocenters. The molecule has 2 fully saturated rings. The number of hydrogen-bond acceptors (Lipinski definition) is 2. The van der Waals surface area contributed by atoms with E-state index in [4.69, 9.17) is 0 Å². The van der Waals surface area contributed by atoms with Gasteiger partial charge in [-0.3, -0.25) is 4.90 Å². The van der Waals surface area contributed by atoms with Crippen molar-refractivity contribution in [3.8, 4) is 0 Å². The van der Waals surface area contributed by atoms with E-state index in [1.165, 1.54) is 64.7 Å². The molecule has 0 bridgehead atoms. The Hall–Kier alpha value is -0.0800. The second-order valence-corrected chi connectivity index (χ2v) is 5.34. The molecule has 0 aromatic heterocycles. The first-order chi connectivity index (χ1) is 8.77. The SMILES string of the molecule is CC.CCC.CN1CCC2CCCCCN2CC1. The van der Waals surface area contributed by atoms with Crippen LogP contribution in [0.3, 0.4) is 0 Å². The van der Waals surface area contributed by atoms with Gasteiger partial charge in [0.15, 0.2) is 0 Å². The third-order valence-electron chi connectivity index (χ3n) is 3.61. The van der Waals surface area contributed by atoms with Crippen molar-refractivity contribution in [3.05, 3.63) is 0 Å².